The van der Waals surface area contributed by atoms with Crippen LogP contribution >= 0.6 is 0 Å². The Balaban J connectivity index is 2.53. The predicted octanol–water partition coefficient (Wildman–Crippen LogP) is 1.34. The van der Waals surface area contributed by atoms with E-state index in [1.54, 1.807) is 18.6 Å². The van der Waals surface area contributed by atoms with Gasteiger partial charge in [0.1, 0.15) is 0 Å². The van der Waals surface area contributed by atoms with E-state index in [1.165, 1.54) is 6.07 Å². The van der Waals surface area contributed by atoms with Crippen LogP contribution < -0.4 is 5.56 Å². The van der Waals surface area contributed by atoms with E-state index in [2.05, 4.69) is 10.2 Å². The van der Waals surface area contributed by atoms with Crippen LogP contribution in [0, 0.1) is 6.92 Å². The Hall–Kier alpha value is -1.84. The molecule has 0 saturated carbocycles. The van der Waals surface area contributed by atoms with Crippen LogP contribution in [0.15, 0.2) is 33.9 Å². The largest absolute Gasteiger partial charge is 0.472 e. The van der Waals surface area contributed by atoms with Crippen molar-refractivity contribution in [3.63, 3.8) is 0 Å². The maximum atomic E-state index is 10.7. The Morgan fingerprint density at radius 1 is 1.38 bits per heavy atom. The number of nitrogens with zero attached hydrogens (tertiary/aromatic N) is 1. The topological polar surface area (TPSA) is 58.9 Å². The molecule has 4 heteroatoms. The van der Waals surface area contributed by atoms with Crippen molar-refractivity contribution in [2.45, 2.75) is 6.92 Å². The summed E-state index contributed by atoms with van der Waals surface area (Å²) in [5.74, 6) is 0. The van der Waals surface area contributed by atoms with Crippen LogP contribution in [-0.4, -0.2) is 10.2 Å². The highest BCUT2D eigenvalue weighted by Gasteiger charge is 2.04. The van der Waals surface area contributed by atoms with Gasteiger partial charge < -0.3 is 4.42 Å². The summed E-state index contributed by atoms with van der Waals surface area (Å²) in [6.07, 6.45) is 3.25. The number of hydrogen-bond donors (Lipinski definition) is 1. The van der Waals surface area contributed by atoms with Crippen molar-refractivity contribution in [1.82, 2.24) is 10.2 Å². The summed E-state index contributed by atoms with van der Waals surface area (Å²) in [4.78, 5) is 10.7. The third-order valence-electron chi connectivity index (χ3n) is 1.81. The minimum absolute atomic E-state index is 0.204. The van der Waals surface area contributed by atoms with E-state index >= 15 is 0 Å². The summed E-state index contributed by atoms with van der Waals surface area (Å²) in [7, 11) is 0. The highest BCUT2D eigenvalue weighted by Crippen LogP contribution is 2.20. The Labute approximate surface area is 74.2 Å². The van der Waals surface area contributed by atoms with Crippen molar-refractivity contribution >= 4 is 0 Å². The van der Waals surface area contributed by atoms with Gasteiger partial charge in [-0.3, -0.25) is 4.79 Å². The van der Waals surface area contributed by atoms with Crippen LogP contribution in [0.4, 0.5) is 0 Å². The van der Waals surface area contributed by atoms with E-state index in [1.807, 2.05) is 6.92 Å². The van der Waals surface area contributed by atoms with Gasteiger partial charge in [0.15, 0.2) is 0 Å². The zero-order valence-corrected chi connectivity index (χ0v) is 7.07. The van der Waals surface area contributed by atoms with Gasteiger partial charge in [0.2, 0.25) is 0 Å². The molecule has 2 heterocycles. The van der Waals surface area contributed by atoms with E-state index in [-0.39, 0.29) is 5.56 Å². The lowest BCUT2D eigenvalue weighted by molar-refractivity contribution is 0.566. The molecule has 0 unspecified atom stereocenters. The molecule has 2 rings (SSSR count). The second kappa shape index (κ2) is 2.90. The average Bonchev–Trinajstić information content (AvgIpc) is 2.53. The summed E-state index contributed by atoms with van der Waals surface area (Å²) in [6.45, 7) is 1.92. The number of nitrogens with one attached hydrogen (secondary N) is 1. The number of hydrogen-bond acceptors (Lipinski definition) is 3. The maximum Gasteiger partial charge on any atom is 0.264 e. The quantitative estimate of drug-likeness (QED) is 0.713. The van der Waals surface area contributed by atoms with Gasteiger partial charge in [0.25, 0.3) is 5.56 Å². The first-order chi connectivity index (χ1) is 6.27. The van der Waals surface area contributed by atoms with Crippen LogP contribution in [0.3, 0.4) is 0 Å². The molecule has 0 fully saturated rings. The monoisotopic (exact) mass is 176 g/mol. The molecule has 0 aliphatic rings. The first-order valence-corrected chi connectivity index (χ1v) is 3.86. The van der Waals surface area contributed by atoms with Gasteiger partial charge in [0, 0.05) is 11.6 Å². The molecule has 1 N–H and O–H groups in total. The molecule has 4 nitrogen and oxygen atoms in total. The van der Waals surface area contributed by atoms with Gasteiger partial charge >= 0.3 is 0 Å². The van der Waals surface area contributed by atoms with Crippen molar-refractivity contribution in [2.75, 3.05) is 0 Å². The highest BCUT2D eigenvalue weighted by atomic mass is 16.3. The minimum atomic E-state index is -0.204. The predicted molar refractivity (Wildman–Crippen MR) is 47.3 cm³/mol. The van der Waals surface area contributed by atoms with Crippen LogP contribution in [-0.2, 0) is 0 Å². The van der Waals surface area contributed by atoms with E-state index in [4.69, 9.17) is 4.42 Å². The molecule has 0 radical (unpaired) electrons. The summed E-state index contributed by atoms with van der Waals surface area (Å²) in [5.41, 5.74) is 2.41. The fraction of sp³-hybridized carbons (Fsp3) is 0.111. The van der Waals surface area contributed by atoms with Gasteiger partial charge in [0.05, 0.1) is 18.2 Å². The molecule has 2 aromatic heterocycles. The Morgan fingerprint density at radius 2 is 2.23 bits per heavy atom. The van der Waals surface area contributed by atoms with Crippen LogP contribution in [0.1, 0.15) is 5.56 Å². The number of H-pyrrole nitrogens is 1. The van der Waals surface area contributed by atoms with Crippen molar-refractivity contribution in [2.24, 2.45) is 0 Å². The van der Waals surface area contributed by atoms with Gasteiger partial charge in [-0.05, 0) is 18.6 Å². The van der Waals surface area contributed by atoms with Gasteiger partial charge in [-0.25, -0.2) is 5.10 Å². The minimum Gasteiger partial charge on any atom is -0.472 e. The van der Waals surface area contributed by atoms with E-state index < -0.39 is 0 Å². The molecule has 0 spiro atoms. The van der Waals surface area contributed by atoms with Gasteiger partial charge in [-0.1, -0.05) is 0 Å². The molecule has 13 heavy (non-hydrogen) atoms. The van der Waals surface area contributed by atoms with Crippen LogP contribution in [0.2, 0.25) is 0 Å². The van der Waals surface area contributed by atoms with E-state index in [9.17, 15) is 4.79 Å². The highest BCUT2D eigenvalue weighted by molar-refractivity contribution is 5.60. The standard InChI is InChI=1S/C9H8N2O2/c1-6-4-13-5-7(6)8-2-3-9(12)11-10-8/h2-5H,1H3,(H,11,12). The summed E-state index contributed by atoms with van der Waals surface area (Å²) in [6, 6.07) is 3.10. The number of aromatic amines is 1. The SMILES string of the molecule is Cc1cocc1-c1ccc(=O)[nH]n1. The zero-order chi connectivity index (χ0) is 9.26. The second-order valence-electron chi connectivity index (χ2n) is 2.77. The fourth-order valence-electron chi connectivity index (χ4n) is 1.12. The summed E-state index contributed by atoms with van der Waals surface area (Å²) >= 11 is 0. The van der Waals surface area contributed by atoms with Crippen molar-refractivity contribution < 1.29 is 4.42 Å². The lowest BCUT2D eigenvalue weighted by atomic mass is 10.1. The number of aromatic nitrogens is 2. The molecule has 66 valence electrons. The average molecular weight is 176 g/mol. The van der Waals surface area contributed by atoms with Gasteiger partial charge in [-0.2, -0.15) is 5.10 Å². The van der Waals surface area contributed by atoms with E-state index in [0.29, 0.717) is 5.69 Å². The molecule has 0 aromatic carbocycles. The maximum absolute atomic E-state index is 10.7. The Morgan fingerprint density at radius 3 is 2.77 bits per heavy atom. The normalized spacial score (nSPS) is 10.2. The van der Waals surface area contributed by atoms with Crippen LogP contribution in [0.25, 0.3) is 11.3 Å². The van der Waals surface area contributed by atoms with Crippen molar-refractivity contribution in [3.8, 4) is 11.3 Å². The lowest BCUT2D eigenvalue weighted by Gasteiger charge is -1.94. The third kappa shape index (κ3) is 1.38. The number of furan rings is 1. The third-order valence-corrected chi connectivity index (χ3v) is 1.81. The summed E-state index contributed by atoms with van der Waals surface area (Å²) < 4.78 is 5.00. The van der Waals surface area contributed by atoms with Crippen LogP contribution in [0.5, 0.6) is 0 Å². The number of aryl methyl sites for hydroxylation is 1. The Kier molecular flexibility index (Phi) is 1.73. The fourth-order valence-corrected chi connectivity index (χ4v) is 1.12. The van der Waals surface area contributed by atoms with Crippen molar-refractivity contribution in [1.29, 1.82) is 0 Å². The molecular formula is C9H8N2O2. The van der Waals surface area contributed by atoms with Crippen molar-refractivity contribution in [3.05, 3.63) is 40.6 Å². The van der Waals surface area contributed by atoms with E-state index in [0.717, 1.165) is 11.1 Å². The molecule has 0 aliphatic heterocycles. The first kappa shape index (κ1) is 7.79. The lowest BCUT2D eigenvalue weighted by Crippen LogP contribution is -2.05. The van der Waals surface area contributed by atoms with Gasteiger partial charge in [-0.15, -0.1) is 0 Å². The molecule has 0 bridgehead atoms. The number of rotatable bonds is 1. The smallest absolute Gasteiger partial charge is 0.264 e. The molecule has 0 atom stereocenters. The summed E-state index contributed by atoms with van der Waals surface area (Å²) in [5, 5.41) is 6.25. The molecular weight excluding hydrogens is 168 g/mol. The Bertz CT molecular complexity index is 450. The molecule has 0 aliphatic carbocycles. The molecule has 0 saturated heterocycles. The molecule has 0 amide bonds. The second-order valence-corrected chi connectivity index (χ2v) is 2.77. The zero-order valence-electron chi connectivity index (χ0n) is 7.07. The first-order valence-electron chi connectivity index (χ1n) is 3.86. The molecule has 2 aromatic rings.